The fourth-order valence-electron chi connectivity index (χ4n) is 1.34. The molecule has 0 aromatic heterocycles. The molecule has 0 spiro atoms. The molecule has 0 saturated heterocycles. The minimum absolute atomic E-state index is 0.195. The molecule has 0 aliphatic heterocycles. The van der Waals surface area contributed by atoms with Gasteiger partial charge in [-0.05, 0) is 31.5 Å². The lowest BCUT2D eigenvalue weighted by Crippen LogP contribution is -2.15. The van der Waals surface area contributed by atoms with Crippen molar-refractivity contribution in [2.45, 2.75) is 25.8 Å². The van der Waals surface area contributed by atoms with Crippen molar-refractivity contribution in [1.29, 1.82) is 5.26 Å². The maximum absolute atomic E-state index is 13.4. The van der Waals surface area contributed by atoms with E-state index in [4.69, 9.17) is 5.26 Å². The van der Waals surface area contributed by atoms with Crippen LogP contribution in [0.15, 0.2) is 22.7 Å². The molecule has 0 heterocycles. The molecular weight excluding hydrogens is 271 g/mol. The van der Waals surface area contributed by atoms with Gasteiger partial charge in [-0.1, -0.05) is 22.0 Å². The van der Waals surface area contributed by atoms with Gasteiger partial charge in [0.1, 0.15) is 5.82 Å². The second-order valence-electron chi connectivity index (χ2n) is 3.53. The molecule has 1 rings (SSSR count). The first kappa shape index (κ1) is 13.1. The van der Waals surface area contributed by atoms with Crippen molar-refractivity contribution in [3.05, 3.63) is 34.1 Å². The molecule has 1 N–H and O–H groups in total. The Balaban J connectivity index is 2.25. The first-order chi connectivity index (χ1) is 7.74. The summed E-state index contributed by atoms with van der Waals surface area (Å²) in [5, 5.41) is 11.5. The number of nitriles is 1. The first-order valence-electron chi connectivity index (χ1n) is 5.25. The fourth-order valence-corrected chi connectivity index (χ4v) is 1.68. The number of hydrogen-bond acceptors (Lipinski definition) is 2. The number of nitrogens with one attached hydrogen (secondary N) is 1. The molecular formula is C12H14BrFN2. The molecule has 0 atom stereocenters. The van der Waals surface area contributed by atoms with Gasteiger partial charge < -0.3 is 5.32 Å². The lowest BCUT2D eigenvalue weighted by atomic mass is 10.2. The third-order valence-electron chi connectivity index (χ3n) is 2.22. The Labute approximate surface area is 104 Å². The highest BCUT2D eigenvalue weighted by Crippen LogP contribution is 2.14. The monoisotopic (exact) mass is 284 g/mol. The Morgan fingerprint density at radius 1 is 1.38 bits per heavy atom. The highest BCUT2D eigenvalue weighted by Gasteiger charge is 2.01. The SMILES string of the molecule is N#CCCCCNCc1ccc(Br)cc1F. The van der Waals surface area contributed by atoms with Gasteiger partial charge in [-0.3, -0.25) is 0 Å². The lowest BCUT2D eigenvalue weighted by Gasteiger charge is -2.05. The summed E-state index contributed by atoms with van der Waals surface area (Å²) in [5.41, 5.74) is 0.670. The van der Waals surface area contributed by atoms with E-state index in [1.54, 1.807) is 6.07 Å². The normalized spacial score (nSPS) is 10.1. The average Bonchev–Trinajstić information content (AvgIpc) is 2.26. The van der Waals surface area contributed by atoms with Crippen molar-refractivity contribution in [3.8, 4) is 6.07 Å². The van der Waals surface area contributed by atoms with Crippen LogP contribution in [0.2, 0.25) is 0 Å². The predicted octanol–water partition coefficient (Wildman–Crippen LogP) is 3.37. The van der Waals surface area contributed by atoms with E-state index in [1.807, 2.05) is 6.07 Å². The van der Waals surface area contributed by atoms with Crippen LogP contribution in [0.5, 0.6) is 0 Å². The Kier molecular flexibility index (Phi) is 6.05. The second kappa shape index (κ2) is 7.37. The number of unbranched alkanes of at least 4 members (excludes halogenated alkanes) is 2. The standard InChI is InChI=1S/C12H14BrFN2/c13-11-5-4-10(12(14)8-11)9-16-7-3-1-2-6-15/h4-5,8,16H,1-3,7,9H2. The molecule has 1 aromatic carbocycles. The highest BCUT2D eigenvalue weighted by molar-refractivity contribution is 9.10. The third kappa shape index (κ3) is 4.73. The summed E-state index contributed by atoms with van der Waals surface area (Å²) < 4.78 is 14.1. The van der Waals surface area contributed by atoms with Gasteiger partial charge in [-0.2, -0.15) is 5.26 Å². The van der Waals surface area contributed by atoms with Crippen molar-refractivity contribution >= 4 is 15.9 Å². The quantitative estimate of drug-likeness (QED) is 0.813. The summed E-state index contributed by atoms with van der Waals surface area (Å²) in [7, 11) is 0. The van der Waals surface area contributed by atoms with Crippen molar-refractivity contribution in [1.82, 2.24) is 5.32 Å². The highest BCUT2D eigenvalue weighted by atomic mass is 79.9. The van der Waals surface area contributed by atoms with Crippen molar-refractivity contribution in [3.63, 3.8) is 0 Å². The minimum atomic E-state index is -0.195. The topological polar surface area (TPSA) is 35.8 Å². The van der Waals surface area contributed by atoms with Gasteiger partial charge in [-0.15, -0.1) is 0 Å². The Morgan fingerprint density at radius 2 is 2.19 bits per heavy atom. The predicted molar refractivity (Wildman–Crippen MR) is 65.3 cm³/mol. The molecule has 4 heteroatoms. The number of rotatable bonds is 6. The molecule has 2 nitrogen and oxygen atoms in total. The summed E-state index contributed by atoms with van der Waals surface area (Å²) in [6, 6.07) is 7.16. The number of nitrogens with zero attached hydrogens (tertiary/aromatic N) is 1. The average molecular weight is 285 g/mol. The maximum atomic E-state index is 13.4. The van der Waals surface area contributed by atoms with E-state index in [1.165, 1.54) is 6.07 Å². The lowest BCUT2D eigenvalue weighted by molar-refractivity contribution is 0.576. The van der Waals surface area contributed by atoms with E-state index >= 15 is 0 Å². The van der Waals surface area contributed by atoms with Crippen LogP contribution in [0.25, 0.3) is 0 Å². The van der Waals surface area contributed by atoms with Gasteiger partial charge in [0.25, 0.3) is 0 Å². The molecule has 16 heavy (non-hydrogen) atoms. The maximum Gasteiger partial charge on any atom is 0.128 e. The van der Waals surface area contributed by atoms with Gasteiger partial charge >= 0.3 is 0 Å². The van der Waals surface area contributed by atoms with Crippen LogP contribution in [0.1, 0.15) is 24.8 Å². The zero-order chi connectivity index (χ0) is 11.8. The van der Waals surface area contributed by atoms with Crippen molar-refractivity contribution in [2.24, 2.45) is 0 Å². The van der Waals surface area contributed by atoms with E-state index in [2.05, 4.69) is 27.3 Å². The van der Waals surface area contributed by atoms with Crippen LogP contribution in [-0.2, 0) is 6.54 Å². The zero-order valence-electron chi connectivity index (χ0n) is 8.97. The first-order valence-corrected chi connectivity index (χ1v) is 6.05. The van der Waals surface area contributed by atoms with Crippen LogP contribution < -0.4 is 5.32 Å². The van der Waals surface area contributed by atoms with E-state index in [0.29, 0.717) is 18.5 Å². The van der Waals surface area contributed by atoms with Gasteiger partial charge in [0.2, 0.25) is 0 Å². The molecule has 0 amide bonds. The molecule has 0 bridgehead atoms. The smallest absolute Gasteiger partial charge is 0.128 e. The number of hydrogen-bond donors (Lipinski definition) is 1. The van der Waals surface area contributed by atoms with Gasteiger partial charge in [0.05, 0.1) is 6.07 Å². The molecule has 0 radical (unpaired) electrons. The van der Waals surface area contributed by atoms with Crippen LogP contribution in [-0.4, -0.2) is 6.54 Å². The van der Waals surface area contributed by atoms with Crippen LogP contribution in [0, 0.1) is 17.1 Å². The largest absolute Gasteiger partial charge is 0.313 e. The Bertz CT molecular complexity index is 374. The van der Waals surface area contributed by atoms with Crippen LogP contribution >= 0.6 is 15.9 Å². The van der Waals surface area contributed by atoms with Crippen molar-refractivity contribution < 1.29 is 4.39 Å². The van der Waals surface area contributed by atoms with Crippen molar-refractivity contribution in [2.75, 3.05) is 6.54 Å². The molecule has 1 aromatic rings. The summed E-state index contributed by atoms with van der Waals surface area (Å²) in [5.74, 6) is -0.195. The minimum Gasteiger partial charge on any atom is -0.313 e. The molecule has 0 saturated carbocycles. The number of halogens is 2. The molecule has 0 unspecified atom stereocenters. The Hall–Kier alpha value is -0.920. The number of benzene rings is 1. The van der Waals surface area contributed by atoms with Crippen LogP contribution in [0.4, 0.5) is 4.39 Å². The summed E-state index contributed by atoms with van der Waals surface area (Å²) in [6.07, 6.45) is 2.44. The van der Waals surface area contributed by atoms with E-state index < -0.39 is 0 Å². The van der Waals surface area contributed by atoms with E-state index in [-0.39, 0.29) is 5.82 Å². The molecule has 0 aliphatic rings. The molecule has 0 aliphatic carbocycles. The van der Waals surface area contributed by atoms with Gasteiger partial charge in [0.15, 0.2) is 0 Å². The summed E-state index contributed by atoms with van der Waals surface area (Å²) in [6.45, 7) is 1.35. The zero-order valence-corrected chi connectivity index (χ0v) is 10.6. The molecule has 0 fully saturated rings. The molecule has 86 valence electrons. The van der Waals surface area contributed by atoms with E-state index in [0.717, 1.165) is 23.9 Å². The summed E-state index contributed by atoms with van der Waals surface area (Å²) in [4.78, 5) is 0. The van der Waals surface area contributed by atoms with E-state index in [9.17, 15) is 4.39 Å². The van der Waals surface area contributed by atoms with Gasteiger partial charge in [-0.25, -0.2) is 4.39 Å². The van der Waals surface area contributed by atoms with Gasteiger partial charge in [0, 0.05) is 23.0 Å². The fraction of sp³-hybridized carbons (Fsp3) is 0.417. The third-order valence-corrected chi connectivity index (χ3v) is 2.72. The Morgan fingerprint density at radius 3 is 2.88 bits per heavy atom. The summed E-state index contributed by atoms with van der Waals surface area (Å²) >= 11 is 3.22. The second-order valence-corrected chi connectivity index (χ2v) is 4.44. The van der Waals surface area contributed by atoms with Crippen LogP contribution in [0.3, 0.4) is 0 Å².